The number of rotatable bonds is 8. The first-order chi connectivity index (χ1) is 13.1. The van der Waals surface area contributed by atoms with Gasteiger partial charge in [0.15, 0.2) is 0 Å². The molecule has 142 valence electrons. The van der Waals surface area contributed by atoms with E-state index in [1.165, 1.54) is 14.2 Å². The second-order valence-corrected chi connectivity index (χ2v) is 6.53. The molecule has 1 atom stereocenters. The van der Waals surface area contributed by atoms with Crippen LogP contribution in [0.25, 0.3) is 0 Å². The van der Waals surface area contributed by atoms with Gasteiger partial charge in [-0.3, -0.25) is 10.1 Å². The Morgan fingerprint density at radius 3 is 2.48 bits per heavy atom. The first-order valence-corrected chi connectivity index (χ1v) is 8.96. The molecule has 2 N–H and O–H groups in total. The highest BCUT2D eigenvalue weighted by molar-refractivity contribution is 5.92. The minimum Gasteiger partial charge on any atom is -0.496 e. The number of nitrogens with one attached hydrogen (secondary N) is 2. The zero-order valence-electron chi connectivity index (χ0n) is 15.5. The Kier molecular flexibility index (Phi) is 6.08. The zero-order valence-corrected chi connectivity index (χ0v) is 15.5. The van der Waals surface area contributed by atoms with E-state index in [-0.39, 0.29) is 11.9 Å². The molecule has 6 heteroatoms. The van der Waals surface area contributed by atoms with E-state index in [4.69, 9.17) is 9.47 Å². The number of hydrogen-bond acceptors (Lipinski definition) is 5. The Bertz CT molecular complexity index is 803. The maximum absolute atomic E-state index is 12.7. The Hall–Kier alpha value is -2.86. The first kappa shape index (κ1) is 18.9. The molecule has 0 spiro atoms. The maximum Gasteiger partial charge on any atom is 0.341 e. The van der Waals surface area contributed by atoms with Crippen LogP contribution < -0.4 is 15.4 Å². The molecule has 3 rings (SSSR count). The Balaban J connectivity index is 1.76. The van der Waals surface area contributed by atoms with Crippen molar-refractivity contribution in [3.05, 3.63) is 65.2 Å². The van der Waals surface area contributed by atoms with Crippen molar-refractivity contribution in [1.82, 2.24) is 10.6 Å². The molecule has 0 aliphatic heterocycles. The van der Waals surface area contributed by atoms with Gasteiger partial charge in [-0.05, 0) is 36.1 Å². The van der Waals surface area contributed by atoms with Gasteiger partial charge in [0.1, 0.15) is 17.4 Å². The standard InChI is InChI=1S/C21H24N2O4/c1-26-18-11-8-14(12-17(18)21(25)27-2)13-22-19(15-6-4-3-5-7-15)20(24)23-16-9-10-16/h3-8,11-12,16,19,22H,9-10,13H2,1-2H3,(H,23,24). The fraction of sp³-hybridized carbons (Fsp3) is 0.333. The molecular weight excluding hydrogens is 344 g/mol. The summed E-state index contributed by atoms with van der Waals surface area (Å²) >= 11 is 0. The van der Waals surface area contributed by atoms with Crippen molar-refractivity contribution in [1.29, 1.82) is 0 Å². The molecule has 6 nitrogen and oxygen atoms in total. The Morgan fingerprint density at radius 2 is 1.85 bits per heavy atom. The van der Waals surface area contributed by atoms with Crippen LogP contribution in [-0.2, 0) is 16.1 Å². The van der Waals surface area contributed by atoms with Crippen LogP contribution in [0.2, 0.25) is 0 Å². The number of hydrogen-bond donors (Lipinski definition) is 2. The third kappa shape index (κ3) is 4.86. The van der Waals surface area contributed by atoms with Gasteiger partial charge in [0, 0.05) is 12.6 Å². The molecule has 1 aliphatic carbocycles. The van der Waals surface area contributed by atoms with E-state index in [9.17, 15) is 9.59 Å². The van der Waals surface area contributed by atoms with Crippen LogP contribution >= 0.6 is 0 Å². The van der Waals surface area contributed by atoms with E-state index in [1.54, 1.807) is 12.1 Å². The van der Waals surface area contributed by atoms with Gasteiger partial charge in [0.25, 0.3) is 0 Å². The third-order valence-corrected chi connectivity index (χ3v) is 4.50. The number of amides is 1. The fourth-order valence-electron chi connectivity index (χ4n) is 2.87. The van der Waals surface area contributed by atoms with Crippen LogP contribution in [0, 0.1) is 0 Å². The van der Waals surface area contributed by atoms with Crippen LogP contribution in [0.4, 0.5) is 0 Å². The van der Waals surface area contributed by atoms with Crippen molar-refractivity contribution in [2.45, 2.75) is 31.5 Å². The van der Waals surface area contributed by atoms with Gasteiger partial charge < -0.3 is 14.8 Å². The predicted molar refractivity (Wildman–Crippen MR) is 102 cm³/mol. The molecule has 1 unspecified atom stereocenters. The molecule has 1 aliphatic rings. The van der Waals surface area contributed by atoms with Crippen LogP contribution in [-0.4, -0.2) is 32.1 Å². The smallest absolute Gasteiger partial charge is 0.341 e. The van der Waals surface area contributed by atoms with Crippen molar-refractivity contribution in [2.24, 2.45) is 0 Å². The van der Waals surface area contributed by atoms with E-state index in [1.807, 2.05) is 36.4 Å². The summed E-state index contributed by atoms with van der Waals surface area (Å²) in [6, 6.07) is 14.7. The summed E-state index contributed by atoms with van der Waals surface area (Å²) < 4.78 is 10.0. The SMILES string of the molecule is COC(=O)c1cc(CNC(C(=O)NC2CC2)c2ccccc2)ccc1OC. The number of methoxy groups -OCH3 is 2. The van der Waals surface area contributed by atoms with Gasteiger partial charge in [-0.25, -0.2) is 4.79 Å². The van der Waals surface area contributed by atoms with Crippen molar-refractivity contribution < 1.29 is 19.1 Å². The molecular formula is C21H24N2O4. The molecule has 2 aromatic carbocycles. The monoisotopic (exact) mass is 368 g/mol. The second kappa shape index (κ2) is 8.68. The molecule has 0 heterocycles. The minimum atomic E-state index is -0.463. The molecule has 0 radical (unpaired) electrons. The highest BCUT2D eigenvalue weighted by Gasteiger charge is 2.28. The highest BCUT2D eigenvalue weighted by atomic mass is 16.5. The quantitative estimate of drug-likeness (QED) is 0.701. The van der Waals surface area contributed by atoms with Crippen LogP contribution in [0.1, 0.15) is 40.4 Å². The van der Waals surface area contributed by atoms with Gasteiger partial charge in [-0.1, -0.05) is 36.4 Å². The Labute approximate surface area is 158 Å². The van der Waals surface area contributed by atoms with Crippen molar-refractivity contribution in [2.75, 3.05) is 14.2 Å². The largest absolute Gasteiger partial charge is 0.496 e. The summed E-state index contributed by atoms with van der Waals surface area (Å²) in [5, 5.41) is 6.35. The molecule has 0 aromatic heterocycles. The van der Waals surface area contributed by atoms with E-state index >= 15 is 0 Å². The van der Waals surface area contributed by atoms with Crippen LogP contribution in [0.3, 0.4) is 0 Å². The Morgan fingerprint density at radius 1 is 1.11 bits per heavy atom. The maximum atomic E-state index is 12.7. The van der Waals surface area contributed by atoms with E-state index in [2.05, 4.69) is 10.6 Å². The van der Waals surface area contributed by atoms with E-state index < -0.39 is 12.0 Å². The lowest BCUT2D eigenvalue weighted by molar-refractivity contribution is -0.123. The summed E-state index contributed by atoms with van der Waals surface area (Å²) in [5.74, 6) is -0.0399. The molecule has 0 saturated heterocycles. The normalized spacial score (nSPS) is 14.3. The first-order valence-electron chi connectivity index (χ1n) is 8.96. The average Bonchev–Trinajstić information content (AvgIpc) is 3.52. The van der Waals surface area contributed by atoms with Gasteiger partial charge in [-0.2, -0.15) is 0 Å². The molecule has 0 bridgehead atoms. The lowest BCUT2D eigenvalue weighted by atomic mass is 10.0. The number of ether oxygens (including phenoxy) is 2. The fourth-order valence-corrected chi connectivity index (χ4v) is 2.87. The van der Waals surface area contributed by atoms with Crippen molar-refractivity contribution in [3.8, 4) is 5.75 Å². The molecule has 1 fully saturated rings. The number of benzene rings is 2. The summed E-state index contributed by atoms with van der Waals surface area (Å²) in [4.78, 5) is 24.6. The van der Waals surface area contributed by atoms with Gasteiger partial charge in [-0.15, -0.1) is 0 Å². The van der Waals surface area contributed by atoms with Crippen LogP contribution in [0.15, 0.2) is 48.5 Å². The van der Waals surface area contributed by atoms with Gasteiger partial charge in [0.05, 0.1) is 14.2 Å². The summed E-state index contributed by atoms with van der Waals surface area (Å²) in [6.45, 7) is 0.422. The van der Waals surface area contributed by atoms with Gasteiger partial charge in [0.2, 0.25) is 5.91 Å². The highest BCUT2D eigenvalue weighted by Crippen LogP contribution is 2.23. The third-order valence-electron chi connectivity index (χ3n) is 4.50. The van der Waals surface area contributed by atoms with Gasteiger partial charge >= 0.3 is 5.97 Å². The van der Waals surface area contributed by atoms with Crippen LogP contribution in [0.5, 0.6) is 5.75 Å². The number of esters is 1. The second-order valence-electron chi connectivity index (χ2n) is 6.53. The van der Waals surface area contributed by atoms with E-state index in [0.717, 1.165) is 24.0 Å². The lowest BCUT2D eigenvalue weighted by Crippen LogP contribution is -2.38. The summed E-state index contributed by atoms with van der Waals surface area (Å²) in [7, 11) is 2.84. The van der Waals surface area contributed by atoms with Crippen molar-refractivity contribution >= 4 is 11.9 Å². The number of carbonyl (C=O) groups excluding carboxylic acids is 2. The molecule has 2 aromatic rings. The summed E-state index contributed by atoms with van der Waals surface area (Å²) in [5.41, 5.74) is 2.12. The predicted octanol–water partition coefficient (Wildman–Crippen LogP) is 2.59. The molecule has 1 saturated carbocycles. The van der Waals surface area contributed by atoms with E-state index in [0.29, 0.717) is 17.9 Å². The zero-order chi connectivity index (χ0) is 19.2. The molecule has 27 heavy (non-hydrogen) atoms. The average molecular weight is 368 g/mol. The van der Waals surface area contributed by atoms with Crippen molar-refractivity contribution in [3.63, 3.8) is 0 Å². The number of carbonyl (C=O) groups is 2. The summed E-state index contributed by atoms with van der Waals surface area (Å²) in [6.07, 6.45) is 2.07. The topological polar surface area (TPSA) is 76.7 Å². The minimum absolute atomic E-state index is 0.0367. The molecule has 1 amide bonds. The lowest BCUT2D eigenvalue weighted by Gasteiger charge is -2.19.